The van der Waals surface area contributed by atoms with Crippen molar-refractivity contribution >= 4 is 0 Å². The Morgan fingerprint density at radius 1 is 1.06 bits per heavy atom. The fourth-order valence-electron chi connectivity index (χ4n) is 3.22. The summed E-state index contributed by atoms with van der Waals surface area (Å²) >= 11 is 0. The predicted octanol–water partition coefficient (Wildman–Crippen LogP) is 2.47. The first kappa shape index (κ1) is 9.97. The van der Waals surface area contributed by atoms with Gasteiger partial charge in [0.25, 0.3) is 0 Å². The standard InChI is InChI=1S/C15H13NO2/c17-12-5-4-8-6-11-13-9(7-16-11)2-1-3-10(13)14(8)15(12)18/h1-5,11,16-18H,6-7H2. The van der Waals surface area contributed by atoms with Gasteiger partial charge in [-0.3, -0.25) is 0 Å². The van der Waals surface area contributed by atoms with Crippen LogP contribution in [0.15, 0.2) is 30.3 Å². The summed E-state index contributed by atoms with van der Waals surface area (Å²) in [5.74, 6) is -0.0398. The topological polar surface area (TPSA) is 52.5 Å². The van der Waals surface area contributed by atoms with Crippen molar-refractivity contribution in [2.24, 2.45) is 0 Å². The van der Waals surface area contributed by atoms with Crippen molar-refractivity contribution in [2.45, 2.75) is 19.0 Å². The molecule has 0 saturated heterocycles. The van der Waals surface area contributed by atoms with Crippen LogP contribution in [0.1, 0.15) is 22.7 Å². The van der Waals surface area contributed by atoms with Crippen molar-refractivity contribution in [1.29, 1.82) is 0 Å². The van der Waals surface area contributed by atoms with Crippen LogP contribution in [0.25, 0.3) is 11.1 Å². The third-order valence-corrected chi connectivity index (χ3v) is 4.02. The summed E-state index contributed by atoms with van der Waals surface area (Å²) < 4.78 is 0. The molecule has 18 heavy (non-hydrogen) atoms. The molecule has 1 unspecified atom stereocenters. The highest BCUT2D eigenvalue weighted by Crippen LogP contribution is 2.48. The molecule has 90 valence electrons. The highest BCUT2D eigenvalue weighted by atomic mass is 16.3. The SMILES string of the molecule is Oc1ccc2c(c1O)-c1cccc3c1C(C2)NC3. The van der Waals surface area contributed by atoms with Gasteiger partial charge in [0.1, 0.15) is 0 Å². The second-order valence-corrected chi connectivity index (χ2v) is 4.98. The van der Waals surface area contributed by atoms with Crippen molar-refractivity contribution in [1.82, 2.24) is 5.32 Å². The summed E-state index contributed by atoms with van der Waals surface area (Å²) in [5, 5.41) is 23.3. The minimum atomic E-state index is -0.0456. The van der Waals surface area contributed by atoms with Crippen LogP contribution in [0.5, 0.6) is 11.5 Å². The Kier molecular flexibility index (Phi) is 1.81. The maximum absolute atomic E-state index is 10.1. The first-order chi connectivity index (χ1) is 8.75. The lowest BCUT2D eigenvalue weighted by atomic mass is 9.81. The first-order valence-electron chi connectivity index (χ1n) is 6.15. The summed E-state index contributed by atoms with van der Waals surface area (Å²) in [5.41, 5.74) is 5.52. The zero-order chi connectivity index (χ0) is 12.3. The van der Waals surface area contributed by atoms with Crippen LogP contribution in [0.3, 0.4) is 0 Å². The molecule has 0 amide bonds. The number of hydrogen-bond acceptors (Lipinski definition) is 3. The summed E-state index contributed by atoms with van der Waals surface area (Å²) in [6.45, 7) is 0.884. The molecule has 4 rings (SSSR count). The monoisotopic (exact) mass is 239 g/mol. The molecule has 0 fully saturated rings. The molecule has 1 aliphatic heterocycles. The summed E-state index contributed by atoms with van der Waals surface area (Å²) in [7, 11) is 0. The summed E-state index contributed by atoms with van der Waals surface area (Å²) in [4.78, 5) is 0. The van der Waals surface area contributed by atoms with E-state index in [-0.39, 0.29) is 11.5 Å². The number of aromatic hydroxyl groups is 2. The zero-order valence-electron chi connectivity index (χ0n) is 9.77. The molecule has 0 spiro atoms. The van der Waals surface area contributed by atoms with Gasteiger partial charge < -0.3 is 15.5 Å². The first-order valence-corrected chi connectivity index (χ1v) is 6.15. The molecule has 1 atom stereocenters. The lowest BCUT2D eigenvalue weighted by molar-refractivity contribution is 0.403. The van der Waals surface area contributed by atoms with Gasteiger partial charge in [-0.05, 0) is 34.7 Å². The molecule has 1 aliphatic carbocycles. The number of benzene rings is 2. The van der Waals surface area contributed by atoms with E-state index in [1.807, 2.05) is 18.2 Å². The van der Waals surface area contributed by atoms with E-state index >= 15 is 0 Å². The molecule has 2 aliphatic rings. The zero-order valence-corrected chi connectivity index (χ0v) is 9.77. The molecule has 3 N–H and O–H groups in total. The Bertz CT molecular complexity index is 664. The van der Waals surface area contributed by atoms with E-state index in [2.05, 4.69) is 11.4 Å². The average Bonchev–Trinajstić information content (AvgIpc) is 2.79. The lowest BCUT2D eigenvalue weighted by Crippen LogP contribution is -2.18. The van der Waals surface area contributed by atoms with E-state index in [1.54, 1.807) is 6.07 Å². The van der Waals surface area contributed by atoms with Gasteiger partial charge in [-0.25, -0.2) is 0 Å². The maximum atomic E-state index is 10.1. The van der Waals surface area contributed by atoms with Gasteiger partial charge in [0.2, 0.25) is 0 Å². The van der Waals surface area contributed by atoms with E-state index in [0.29, 0.717) is 6.04 Å². The minimum absolute atomic E-state index is 0.00579. The Balaban J connectivity index is 2.09. The summed E-state index contributed by atoms with van der Waals surface area (Å²) in [6, 6.07) is 9.97. The van der Waals surface area contributed by atoms with E-state index in [4.69, 9.17) is 0 Å². The smallest absolute Gasteiger partial charge is 0.165 e. The highest BCUT2D eigenvalue weighted by molar-refractivity contribution is 5.82. The van der Waals surface area contributed by atoms with E-state index in [0.717, 1.165) is 29.7 Å². The van der Waals surface area contributed by atoms with Gasteiger partial charge in [-0.1, -0.05) is 24.3 Å². The highest BCUT2D eigenvalue weighted by Gasteiger charge is 2.32. The van der Waals surface area contributed by atoms with E-state index in [9.17, 15) is 10.2 Å². The van der Waals surface area contributed by atoms with Crippen molar-refractivity contribution in [3.63, 3.8) is 0 Å². The van der Waals surface area contributed by atoms with Crippen molar-refractivity contribution in [3.05, 3.63) is 47.0 Å². The predicted molar refractivity (Wildman–Crippen MR) is 68.5 cm³/mol. The Morgan fingerprint density at radius 3 is 2.83 bits per heavy atom. The van der Waals surface area contributed by atoms with Gasteiger partial charge in [0.05, 0.1) is 0 Å². The second-order valence-electron chi connectivity index (χ2n) is 4.98. The van der Waals surface area contributed by atoms with Gasteiger partial charge in [-0.2, -0.15) is 0 Å². The fraction of sp³-hybridized carbons (Fsp3) is 0.200. The molecule has 2 aromatic rings. The van der Waals surface area contributed by atoms with Crippen molar-refractivity contribution < 1.29 is 10.2 Å². The third kappa shape index (κ3) is 1.12. The number of rotatable bonds is 0. The fourth-order valence-corrected chi connectivity index (χ4v) is 3.22. The molecule has 0 aromatic heterocycles. The lowest BCUT2D eigenvalue weighted by Gasteiger charge is -2.25. The number of phenolic OH excluding ortho intramolecular Hbond substituents is 2. The molecule has 0 saturated carbocycles. The van der Waals surface area contributed by atoms with Gasteiger partial charge >= 0.3 is 0 Å². The Labute approximate surface area is 105 Å². The normalized spacial score (nSPS) is 19.4. The van der Waals surface area contributed by atoms with Crippen LogP contribution in [0, 0.1) is 0 Å². The van der Waals surface area contributed by atoms with Crippen molar-refractivity contribution in [2.75, 3.05) is 0 Å². The van der Waals surface area contributed by atoms with Crippen LogP contribution in [-0.4, -0.2) is 10.2 Å². The Morgan fingerprint density at radius 2 is 1.94 bits per heavy atom. The molecule has 0 bridgehead atoms. The minimum Gasteiger partial charge on any atom is -0.504 e. The molecule has 0 radical (unpaired) electrons. The van der Waals surface area contributed by atoms with Crippen LogP contribution in [-0.2, 0) is 13.0 Å². The molecular formula is C15H13NO2. The van der Waals surface area contributed by atoms with Gasteiger partial charge in [0, 0.05) is 18.2 Å². The molecule has 2 aromatic carbocycles. The second kappa shape index (κ2) is 3.27. The quantitative estimate of drug-likeness (QED) is 0.619. The maximum Gasteiger partial charge on any atom is 0.165 e. The summed E-state index contributed by atoms with van der Waals surface area (Å²) in [6.07, 6.45) is 0.868. The largest absolute Gasteiger partial charge is 0.504 e. The molecule has 1 heterocycles. The molecule has 3 heteroatoms. The number of phenols is 2. The molecular weight excluding hydrogens is 226 g/mol. The number of hydrogen-bond donors (Lipinski definition) is 3. The van der Waals surface area contributed by atoms with E-state index < -0.39 is 0 Å². The van der Waals surface area contributed by atoms with Crippen LogP contribution >= 0.6 is 0 Å². The number of nitrogens with one attached hydrogen (secondary N) is 1. The van der Waals surface area contributed by atoms with Crippen LogP contribution in [0.2, 0.25) is 0 Å². The third-order valence-electron chi connectivity index (χ3n) is 4.02. The van der Waals surface area contributed by atoms with Crippen LogP contribution in [0.4, 0.5) is 0 Å². The average molecular weight is 239 g/mol. The van der Waals surface area contributed by atoms with Crippen LogP contribution < -0.4 is 5.32 Å². The molecule has 3 nitrogen and oxygen atoms in total. The Hall–Kier alpha value is -2.00. The van der Waals surface area contributed by atoms with Gasteiger partial charge in [-0.15, -0.1) is 0 Å². The van der Waals surface area contributed by atoms with Crippen molar-refractivity contribution in [3.8, 4) is 22.6 Å². The number of fused-ring (bicyclic) bond motifs is 2. The van der Waals surface area contributed by atoms with E-state index in [1.165, 1.54) is 11.1 Å². The van der Waals surface area contributed by atoms with Gasteiger partial charge in [0.15, 0.2) is 11.5 Å².